The Bertz CT molecular complexity index is 641. The van der Waals surface area contributed by atoms with Gasteiger partial charge in [-0.3, -0.25) is 4.79 Å². The lowest BCUT2D eigenvalue weighted by atomic mass is 10.0. The standard InChI is InChI=1S/C18H18BrNO2/c19-15-7-4-8-16(11-15)22-12-17(21)20-18(14-9-10-14)13-5-2-1-3-6-13/h1-8,11,14,18H,9-10,12H2,(H,20,21)/t18-/m0/s1. The Hall–Kier alpha value is -1.81. The zero-order valence-corrected chi connectivity index (χ0v) is 13.8. The molecule has 114 valence electrons. The molecule has 0 aromatic heterocycles. The zero-order chi connectivity index (χ0) is 15.4. The molecule has 1 amide bonds. The van der Waals surface area contributed by atoms with Crippen LogP contribution in [0.1, 0.15) is 24.4 Å². The molecule has 1 aliphatic rings. The third-order valence-corrected chi connectivity index (χ3v) is 4.23. The van der Waals surface area contributed by atoms with Crippen LogP contribution in [0.25, 0.3) is 0 Å². The molecule has 4 heteroatoms. The molecule has 0 heterocycles. The molecule has 0 radical (unpaired) electrons. The average Bonchev–Trinajstić information content (AvgIpc) is 3.36. The van der Waals surface area contributed by atoms with Gasteiger partial charge >= 0.3 is 0 Å². The van der Waals surface area contributed by atoms with Gasteiger partial charge in [0.1, 0.15) is 5.75 Å². The quantitative estimate of drug-likeness (QED) is 0.843. The Morgan fingerprint density at radius 2 is 1.95 bits per heavy atom. The topological polar surface area (TPSA) is 38.3 Å². The molecule has 0 saturated heterocycles. The molecule has 1 aliphatic carbocycles. The summed E-state index contributed by atoms with van der Waals surface area (Å²) in [6, 6.07) is 17.7. The molecule has 3 rings (SSSR count). The first-order chi connectivity index (χ1) is 10.7. The molecule has 0 bridgehead atoms. The Labute approximate surface area is 138 Å². The number of hydrogen-bond donors (Lipinski definition) is 1. The minimum Gasteiger partial charge on any atom is -0.484 e. The van der Waals surface area contributed by atoms with Crippen LogP contribution in [0.5, 0.6) is 5.75 Å². The van der Waals surface area contributed by atoms with E-state index in [1.807, 2.05) is 42.5 Å². The molecule has 0 unspecified atom stereocenters. The monoisotopic (exact) mass is 359 g/mol. The minimum absolute atomic E-state index is 0.0342. The number of carbonyl (C=O) groups excluding carboxylic acids is 1. The van der Waals surface area contributed by atoms with E-state index < -0.39 is 0 Å². The van der Waals surface area contributed by atoms with Crippen molar-refractivity contribution in [2.45, 2.75) is 18.9 Å². The number of rotatable bonds is 6. The van der Waals surface area contributed by atoms with Crippen LogP contribution in [0.4, 0.5) is 0 Å². The first-order valence-corrected chi connectivity index (χ1v) is 8.24. The van der Waals surface area contributed by atoms with Gasteiger partial charge in [-0.2, -0.15) is 0 Å². The molecule has 0 aliphatic heterocycles. The van der Waals surface area contributed by atoms with E-state index in [0.717, 1.165) is 4.47 Å². The number of hydrogen-bond acceptors (Lipinski definition) is 2. The van der Waals surface area contributed by atoms with E-state index in [-0.39, 0.29) is 18.6 Å². The summed E-state index contributed by atoms with van der Waals surface area (Å²) in [7, 11) is 0. The predicted molar refractivity (Wildman–Crippen MR) is 89.7 cm³/mol. The number of benzene rings is 2. The van der Waals surface area contributed by atoms with E-state index in [4.69, 9.17) is 4.74 Å². The third kappa shape index (κ3) is 4.10. The molecule has 22 heavy (non-hydrogen) atoms. The summed E-state index contributed by atoms with van der Waals surface area (Å²) in [6.45, 7) is 0.0342. The summed E-state index contributed by atoms with van der Waals surface area (Å²) in [5, 5.41) is 3.10. The SMILES string of the molecule is O=C(COc1cccc(Br)c1)N[C@@H](c1ccccc1)C1CC1. The van der Waals surface area contributed by atoms with Gasteiger partial charge in [-0.05, 0) is 42.5 Å². The van der Waals surface area contributed by atoms with Crippen molar-refractivity contribution in [1.29, 1.82) is 0 Å². The van der Waals surface area contributed by atoms with Crippen LogP contribution in [0.15, 0.2) is 59.1 Å². The Morgan fingerprint density at radius 1 is 1.18 bits per heavy atom. The van der Waals surface area contributed by atoms with Gasteiger partial charge in [-0.25, -0.2) is 0 Å². The lowest BCUT2D eigenvalue weighted by molar-refractivity contribution is -0.124. The van der Waals surface area contributed by atoms with E-state index >= 15 is 0 Å². The van der Waals surface area contributed by atoms with Crippen molar-refractivity contribution in [3.05, 3.63) is 64.6 Å². The highest BCUT2D eigenvalue weighted by molar-refractivity contribution is 9.10. The van der Waals surface area contributed by atoms with E-state index in [1.165, 1.54) is 18.4 Å². The summed E-state index contributed by atoms with van der Waals surface area (Å²) in [4.78, 5) is 12.2. The molecular formula is C18H18BrNO2. The van der Waals surface area contributed by atoms with Gasteiger partial charge in [0, 0.05) is 4.47 Å². The molecule has 0 spiro atoms. The van der Waals surface area contributed by atoms with E-state index in [9.17, 15) is 4.79 Å². The zero-order valence-electron chi connectivity index (χ0n) is 12.2. The first kappa shape index (κ1) is 15.1. The highest BCUT2D eigenvalue weighted by Gasteiger charge is 2.33. The van der Waals surface area contributed by atoms with Gasteiger partial charge in [0.2, 0.25) is 0 Å². The van der Waals surface area contributed by atoms with Crippen LogP contribution < -0.4 is 10.1 Å². The Morgan fingerprint density at radius 3 is 2.64 bits per heavy atom. The molecule has 1 N–H and O–H groups in total. The second-order valence-corrected chi connectivity index (χ2v) is 6.46. The van der Waals surface area contributed by atoms with Crippen molar-refractivity contribution in [2.24, 2.45) is 5.92 Å². The third-order valence-electron chi connectivity index (χ3n) is 3.73. The van der Waals surface area contributed by atoms with Crippen LogP contribution in [-0.4, -0.2) is 12.5 Å². The van der Waals surface area contributed by atoms with Crippen LogP contribution in [0, 0.1) is 5.92 Å². The molecule has 1 fully saturated rings. The van der Waals surface area contributed by atoms with E-state index in [0.29, 0.717) is 11.7 Å². The maximum Gasteiger partial charge on any atom is 0.258 e. The summed E-state index contributed by atoms with van der Waals surface area (Å²) >= 11 is 3.39. The summed E-state index contributed by atoms with van der Waals surface area (Å²) in [5.41, 5.74) is 1.17. The summed E-state index contributed by atoms with van der Waals surface area (Å²) < 4.78 is 6.48. The predicted octanol–water partition coefficient (Wildman–Crippen LogP) is 4.10. The fourth-order valence-electron chi connectivity index (χ4n) is 2.48. The number of halogens is 1. The van der Waals surface area contributed by atoms with Gasteiger partial charge in [0.25, 0.3) is 5.91 Å². The maximum atomic E-state index is 12.2. The molecule has 3 nitrogen and oxygen atoms in total. The highest BCUT2D eigenvalue weighted by atomic mass is 79.9. The summed E-state index contributed by atoms with van der Waals surface area (Å²) in [5.74, 6) is 1.16. The number of carbonyl (C=O) groups is 1. The van der Waals surface area contributed by atoms with Gasteiger partial charge < -0.3 is 10.1 Å². The highest BCUT2D eigenvalue weighted by Crippen LogP contribution is 2.40. The van der Waals surface area contributed by atoms with E-state index in [1.54, 1.807) is 0 Å². The number of nitrogens with one attached hydrogen (secondary N) is 1. The largest absolute Gasteiger partial charge is 0.484 e. The van der Waals surface area contributed by atoms with Gasteiger partial charge in [0.15, 0.2) is 6.61 Å². The first-order valence-electron chi connectivity index (χ1n) is 7.45. The van der Waals surface area contributed by atoms with Crippen molar-refractivity contribution >= 4 is 21.8 Å². The molecule has 1 atom stereocenters. The van der Waals surface area contributed by atoms with Crippen molar-refractivity contribution in [1.82, 2.24) is 5.32 Å². The van der Waals surface area contributed by atoms with Crippen LogP contribution in [0.2, 0.25) is 0 Å². The molecular weight excluding hydrogens is 342 g/mol. The fraction of sp³-hybridized carbons (Fsp3) is 0.278. The number of amides is 1. The molecule has 2 aromatic rings. The Balaban J connectivity index is 1.58. The van der Waals surface area contributed by atoms with Gasteiger partial charge in [0.05, 0.1) is 6.04 Å². The van der Waals surface area contributed by atoms with Crippen LogP contribution >= 0.6 is 15.9 Å². The second-order valence-electron chi connectivity index (χ2n) is 5.54. The lowest BCUT2D eigenvalue weighted by Crippen LogP contribution is -2.33. The lowest BCUT2D eigenvalue weighted by Gasteiger charge is -2.19. The minimum atomic E-state index is -0.0827. The van der Waals surface area contributed by atoms with E-state index in [2.05, 4.69) is 33.4 Å². The van der Waals surface area contributed by atoms with Crippen molar-refractivity contribution in [3.8, 4) is 5.75 Å². The van der Waals surface area contributed by atoms with Gasteiger partial charge in [-0.1, -0.05) is 52.3 Å². The molecule has 2 aromatic carbocycles. The number of ether oxygens (including phenoxy) is 1. The maximum absolute atomic E-state index is 12.2. The van der Waals surface area contributed by atoms with Crippen LogP contribution in [0.3, 0.4) is 0 Å². The van der Waals surface area contributed by atoms with Crippen LogP contribution in [-0.2, 0) is 4.79 Å². The second kappa shape index (κ2) is 6.97. The van der Waals surface area contributed by atoms with Crippen molar-refractivity contribution < 1.29 is 9.53 Å². The fourth-order valence-corrected chi connectivity index (χ4v) is 2.86. The van der Waals surface area contributed by atoms with Crippen molar-refractivity contribution in [3.63, 3.8) is 0 Å². The smallest absolute Gasteiger partial charge is 0.258 e. The average molecular weight is 360 g/mol. The van der Waals surface area contributed by atoms with Crippen molar-refractivity contribution in [2.75, 3.05) is 6.61 Å². The molecule has 1 saturated carbocycles. The normalized spacial score (nSPS) is 15.1. The Kier molecular flexibility index (Phi) is 4.78. The summed E-state index contributed by atoms with van der Waals surface area (Å²) in [6.07, 6.45) is 2.35. The van der Waals surface area contributed by atoms with Gasteiger partial charge in [-0.15, -0.1) is 0 Å².